The van der Waals surface area contributed by atoms with Crippen LogP contribution in [0.25, 0.3) is 0 Å². The highest BCUT2D eigenvalue weighted by Gasteiger charge is 2.24. The summed E-state index contributed by atoms with van der Waals surface area (Å²) in [5.41, 5.74) is 4.44. The van der Waals surface area contributed by atoms with Crippen molar-refractivity contribution in [3.05, 3.63) is 58.9 Å². The first-order valence-electron chi connectivity index (χ1n) is 9.17. The van der Waals surface area contributed by atoms with Gasteiger partial charge in [-0.15, -0.1) is 0 Å². The number of hydrogen-bond acceptors (Lipinski definition) is 2. The Labute approximate surface area is 155 Å². The molecule has 1 fully saturated rings. The highest BCUT2D eigenvalue weighted by molar-refractivity contribution is 5.81. The molecule has 1 aliphatic rings. The van der Waals surface area contributed by atoms with Crippen molar-refractivity contribution >= 4 is 11.8 Å². The van der Waals surface area contributed by atoms with Crippen LogP contribution in [0.4, 0.5) is 0 Å². The fraction of sp³-hybridized carbons (Fsp3) is 0.429. The van der Waals surface area contributed by atoms with Gasteiger partial charge in [-0.3, -0.25) is 9.59 Å². The second kappa shape index (κ2) is 7.77. The Bertz CT molecular complexity index is 787. The maximum Gasteiger partial charge on any atom is 0.227 e. The molecule has 0 radical (unpaired) electrons. The minimum atomic E-state index is 0.137. The summed E-state index contributed by atoms with van der Waals surface area (Å²) in [5, 5.41) is 0. The molecular formula is C21H27N3O2. The number of nitrogens with zero attached hydrogens (tertiary/aromatic N) is 3. The molecule has 0 atom stereocenters. The SMILES string of the molecule is Cc1cc(CC(=O)N2CCN(C(=O)Cc3ccccc3)CC2)c(C)n1C. The van der Waals surface area contributed by atoms with E-state index >= 15 is 0 Å². The molecule has 0 N–H and O–H groups in total. The average molecular weight is 353 g/mol. The van der Waals surface area contributed by atoms with Crippen molar-refractivity contribution < 1.29 is 9.59 Å². The summed E-state index contributed by atoms with van der Waals surface area (Å²) in [7, 11) is 2.02. The van der Waals surface area contributed by atoms with E-state index < -0.39 is 0 Å². The van der Waals surface area contributed by atoms with Crippen molar-refractivity contribution in [2.75, 3.05) is 26.2 Å². The highest BCUT2D eigenvalue weighted by atomic mass is 16.2. The maximum atomic E-state index is 12.6. The minimum absolute atomic E-state index is 0.137. The Morgan fingerprint density at radius 2 is 1.42 bits per heavy atom. The van der Waals surface area contributed by atoms with E-state index in [1.165, 1.54) is 5.69 Å². The Morgan fingerprint density at radius 3 is 1.92 bits per heavy atom. The number of rotatable bonds is 4. The number of benzene rings is 1. The fourth-order valence-corrected chi connectivity index (χ4v) is 3.47. The van der Waals surface area contributed by atoms with Crippen molar-refractivity contribution in [3.63, 3.8) is 0 Å². The number of amides is 2. The van der Waals surface area contributed by atoms with E-state index in [4.69, 9.17) is 0 Å². The van der Waals surface area contributed by atoms with Crippen molar-refractivity contribution in [1.29, 1.82) is 0 Å². The molecule has 0 spiro atoms. The number of hydrogen-bond donors (Lipinski definition) is 0. The van der Waals surface area contributed by atoms with Gasteiger partial charge < -0.3 is 14.4 Å². The van der Waals surface area contributed by atoms with Gasteiger partial charge >= 0.3 is 0 Å². The van der Waals surface area contributed by atoms with Crippen LogP contribution in [0.15, 0.2) is 36.4 Å². The van der Waals surface area contributed by atoms with Crippen molar-refractivity contribution in [2.24, 2.45) is 7.05 Å². The summed E-state index contributed by atoms with van der Waals surface area (Å²) in [5.74, 6) is 0.284. The molecule has 0 unspecified atom stereocenters. The third-order valence-electron chi connectivity index (χ3n) is 5.40. The van der Waals surface area contributed by atoms with Crippen LogP contribution in [0.3, 0.4) is 0 Å². The third kappa shape index (κ3) is 3.98. The van der Waals surface area contributed by atoms with Crippen LogP contribution < -0.4 is 0 Å². The summed E-state index contributed by atoms with van der Waals surface area (Å²) in [6, 6.07) is 11.9. The average Bonchev–Trinajstić information content (AvgIpc) is 2.89. The zero-order valence-corrected chi connectivity index (χ0v) is 15.9. The van der Waals surface area contributed by atoms with Crippen LogP contribution in [-0.2, 0) is 29.5 Å². The molecule has 3 rings (SSSR count). The Balaban J connectivity index is 1.52. The maximum absolute atomic E-state index is 12.6. The molecule has 1 aliphatic heterocycles. The lowest BCUT2D eigenvalue weighted by Crippen LogP contribution is -2.51. The standard InChI is InChI=1S/C21H27N3O2/c1-16-13-19(17(2)22(16)3)15-21(26)24-11-9-23(10-12-24)20(25)14-18-7-5-4-6-8-18/h4-8,13H,9-12,14-15H2,1-3H3. The van der Waals surface area contributed by atoms with Crippen LogP contribution in [-0.4, -0.2) is 52.4 Å². The molecule has 0 saturated carbocycles. The second-order valence-electron chi connectivity index (χ2n) is 7.06. The first-order valence-corrected chi connectivity index (χ1v) is 9.17. The predicted octanol–water partition coefficient (Wildman–Crippen LogP) is 2.10. The van der Waals surface area contributed by atoms with Crippen LogP contribution in [0.1, 0.15) is 22.5 Å². The quantitative estimate of drug-likeness (QED) is 0.845. The van der Waals surface area contributed by atoms with Crippen LogP contribution >= 0.6 is 0 Å². The van der Waals surface area contributed by atoms with E-state index in [1.54, 1.807) is 0 Å². The molecule has 1 aromatic carbocycles. The summed E-state index contributed by atoms with van der Waals surface area (Å²) < 4.78 is 2.11. The van der Waals surface area contributed by atoms with Gasteiger partial charge in [-0.2, -0.15) is 0 Å². The van der Waals surface area contributed by atoms with Crippen molar-refractivity contribution in [3.8, 4) is 0 Å². The molecule has 0 bridgehead atoms. The van der Waals surface area contributed by atoms with E-state index in [2.05, 4.69) is 24.5 Å². The van der Waals surface area contributed by atoms with Gasteiger partial charge in [-0.1, -0.05) is 30.3 Å². The Kier molecular flexibility index (Phi) is 5.45. The van der Waals surface area contributed by atoms with E-state index in [9.17, 15) is 9.59 Å². The first kappa shape index (κ1) is 18.2. The lowest BCUT2D eigenvalue weighted by Gasteiger charge is -2.35. The van der Waals surface area contributed by atoms with Gasteiger partial charge in [0.2, 0.25) is 11.8 Å². The second-order valence-corrected chi connectivity index (χ2v) is 7.06. The topological polar surface area (TPSA) is 45.6 Å². The van der Waals surface area contributed by atoms with Crippen LogP contribution in [0.5, 0.6) is 0 Å². The lowest BCUT2D eigenvalue weighted by molar-refractivity contribution is -0.138. The van der Waals surface area contributed by atoms with Gasteiger partial charge in [0.25, 0.3) is 0 Å². The monoisotopic (exact) mass is 353 g/mol. The Hall–Kier alpha value is -2.56. The summed E-state index contributed by atoms with van der Waals surface area (Å²) in [6.07, 6.45) is 0.864. The molecule has 1 saturated heterocycles. The van der Waals surface area contributed by atoms with E-state index in [0.717, 1.165) is 16.8 Å². The molecule has 5 heteroatoms. The summed E-state index contributed by atoms with van der Waals surface area (Å²) in [4.78, 5) is 28.8. The molecule has 5 nitrogen and oxygen atoms in total. The summed E-state index contributed by atoms with van der Waals surface area (Å²) >= 11 is 0. The molecule has 2 heterocycles. The molecule has 2 amide bonds. The number of aryl methyl sites for hydroxylation is 1. The Morgan fingerprint density at radius 1 is 0.885 bits per heavy atom. The third-order valence-corrected chi connectivity index (χ3v) is 5.40. The van der Waals surface area contributed by atoms with E-state index in [1.807, 2.05) is 47.2 Å². The van der Waals surface area contributed by atoms with Crippen molar-refractivity contribution in [2.45, 2.75) is 26.7 Å². The van der Waals surface area contributed by atoms with Gasteiger partial charge in [0.05, 0.1) is 12.8 Å². The van der Waals surface area contributed by atoms with Crippen molar-refractivity contribution in [1.82, 2.24) is 14.4 Å². The molecule has 138 valence electrons. The van der Waals surface area contributed by atoms with Gasteiger partial charge in [-0.05, 0) is 31.0 Å². The molecule has 1 aromatic heterocycles. The van der Waals surface area contributed by atoms with Crippen LogP contribution in [0, 0.1) is 13.8 Å². The zero-order valence-electron chi connectivity index (χ0n) is 15.9. The predicted molar refractivity (Wildman–Crippen MR) is 102 cm³/mol. The lowest BCUT2D eigenvalue weighted by atomic mass is 10.1. The molecule has 0 aliphatic carbocycles. The van der Waals surface area contributed by atoms with Crippen LogP contribution in [0.2, 0.25) is 0 Å². The van der Waals surface area contributed by atoms with Gasteiger partial charge in [-0.25, -0.2) is 0 Å². The zero-order chi connectivity index (χ0) is 18.7. The van der Waals surface area contributed by atoms with Gasteiger partial charge in [0.15, 0.2) is 0 Å². The summed E-state index contributed by atoms with van der Waals surface area (Å²) in [6.45, 7) is 6.57. The smallest absolute Gasteiger partial charge is 0.227 e. The molecule has 2 aromatic rings. The van der Waals surface area contributed by atoms with Gasteiger partial charge in [0, 0.05) is 44.6 Å². The highest BCUT2D eigenvalue weighted by Crippen LogP contribution is 2.16. The first-order chi connectivity index (χ1) is 12.5. The number of piperazine rings is 1. The normalized spacial score (nSPS) is 14.6. The largest absolute Gasteiger partial charge is 0.352 e. The number of aromatic nitrogens is 1. The minimum Gasteiger partial charge on any atom is -0.352 e. The number of carbonyl (C=O) groups is 2. The van der Waals surface area contributed by atoms with E-state index in [0.29, 0.717) is 39.0 Å². The molecular weight excluding hydrogens is 326 g/mol. The molecule has 26 heavy (non-hydrogen) atoms. The number of carbonyl (C=O) groups excluding carboxylic acids is 2. The fourth-order valence-electron chi connectivity index (χ4n) is 3.47. The van der Waals surface area contributed by atoms with Gasteiger partial charge in [0.1, 0.15) is 0 Å². The van der Waals surface area contributed by atoms with E-state index in [-0.39, 0.29) is 11.8 Å².